The fourth-order valence-electron chi connectivity index (χ4n) is 2.53. The van der Waals surface area contributed by atoms with Crippen molar-refractivity contribution in [2.75, 3.05) is 16.9 Å². The minimum atomic E-state index is -3.22. The highest BCUT2D eigenvalue weighted by Gasteiger charge is 2.10. The molecule has 0 radical (unpaired) electrons. The lowest BCUT2D eigenvalue weighted by Crippen LogP contribution is -2.12. The third-order valence-electron chi connectivity index (χ3n) is 3.75. The van der Waals surface area contributed by atoms with Gasteiger partial charge in [-0.3, -0.25) is 0 Å². The van der Waals surface area contributed by atoms with Crippen LogP contribution in [0.25, 0.3) is 11.4 Å². The average molecular weight is 382 g/mol. The number of nitrogens with zero attached hydrogens (tertiary/aromatic N) is 2. The van der Waals surface area contributed by atoms with Crippen LogP contribution in [0.4, 0.5) is 17.3 Å². The van der Waals surface area contributed by atoms with Crippen molar-refractivity contribution in [1.29, 1.82) is 0 Å². The maximum atomic E-state index is 11.6. The number of nitrogens with one attached hydrogen (secondary N) is 2. The standard InChI is InChI=1S/C20H22N4O2S/c1-14(2)21-18-13-19(24-20(23-18)15-7-5-4-6-8-15)22-16-9-11-17(12-10-16)27(3,25)26/h4-14H,1-3H3,(H2,21,22,23,24). The van der Waals surface area contributed by atoms with Crippen molar-refractivity contribution >= 4 is 27.2 Å². The number of rotatable bonds is 6. The molecule has 0 spiro atoms. The molecule has 2 N–H and O–H groups in total. The van der Waals surface area contributed by atoms with Crippen molar-refractivity contribution in [3.8, 4) is 11.4 Å². The van der Waals surface area contributed by atoms with Crippen molar-refractivity contribution in [3.63, 3.8) is 0 Å². The highest BCUT2D eigenvalue weighted by molar-refractivity contribution is 7.90. The van der Waals surface area contributed by atoms with Crippen LogP contribution in [-0.4, -0.2) is 30.7 Å². The maximum Gasteiger partial charge on any atom is 0.175 e. The summed E-state index contributed by atoms with van der Waals surface area (Å²) in [7, 11) is -3.22. The second-order valence-electron chi connectivity index (χ2n) is 6.55. The van der Waals surface area contributed by atoms with Crippen LogP contribution in [0.15, 0.2) is 65.6 Å². The van der Waals surface area contributed by atoms with Gasteiger partial charge in [0, 0.05) is 29.6 Å². The zero-order valence-electron chi connectivity index (χ0n) is 15.5. The van der Waals surface area contributed by atoms with Gasteiger partial charge in [0.1, 0.15) is 11.6 Å². The van der Waals surface area contributed by atoms with Crippen LogP contribution in [0, 0.1) is 0 Å². The van der Waals surface area contributed by atoms with Gasteiger partial charge in [0.05, 0.1) is 4.90 Å². The Bertz CT molecular complexity index is 1020. The Morgan fingerprint density at radius 3 is 2.11 bits per heavy atom. The molecule has 0 aliphatic heterocycles. The molecule has 0 aliphatic rings. The molecule has 3 rings (SSSR count). The lowest BCUT2D eigenvalue weighted by molar-refractivity contribution is 0.602. The van der Waals surface area contributed by atoms with Gasteiger partial charge in [-0.1, -0.05) is 30.3 Å². The summed E-state index contributed by atoms with van der Waals surface area (Å²) in [6.07, 6.45) is 1.19. The summed E-state index contributed by atoms with van der Waals surface area (Å²) in [6, 6.07) is 18.4. The normalized spacial score (nSPS) is 11.4. The summed E-state index contributed by atoms with van der Waals surface area (Å²) in [5, 5.41) is 6.52. The molecule has 0 unspecified atom stereocenters. The molecular formula is C20H22N4O2S. The van der Waals surface area contributed by atoms with Crippen molar-refractivity contribution in [2.45, 2.75) is 24.8 Å². The topological polar surface area (TPSA) is 84.0 Å². The number of benzene rings is 2. The van der Waals surface area contributed by atoms with Gasteiger partial charge in [-0.2, -0.15) is 0 Å². The molecule has 0 saturated carbocycles. The number of aromatic nitrogens is 2. The van der Waals surface area contributed by atoms with Gasteiger partial charge >= 0.3 is 0 Å². The minimum Gasteiger partial charge on any atom is -0.368 e. The quantitative estimate of drug-likeness (QED) is 0.667. The first-order chi connectivity index (χ1) is 12.8. The van der Waals surface area contributed by atoms with Gasteiger partial charge in [0.15, 0.2) is 15.7 Å². The van der Waals surface area contributed by atoms with Crippen LogP contribution in [-0.2, 0) is 9.84 Å². The number of hydrogen-bond acceptors (Lipinski definition) is 6. The largest absolute Gasteiger partial charge is 0.368 e. The molecule has 7 heteroatoms. The molecule has 0 atom stereocenters. The van der Waals surface area contributed by atoms with E-state index in [0.29, 0.717) is 17.5 Å². The van der Waals surface area contributed by atoms with Crippen molar-refractivity contribution in [3.05, 3.63) is 60.7 Å². The maximum absolute atomic E-state index is 11.6. The van der Waals surface area contributed by atoms with Crippen LogP contribution >= 0.6 is 0 Å². The molecule has 2 aromatic carbocycles. The summed E-state index contributed by atoms with van der Waals surface area (Å²) in [5.74, 6) is 1.95. The summed E-state index contributed by atoms with van der Waals surface area (Å²) in [4.78, 5) is 9.47. The first kappa shape index (κ1) is 18.8. The Kier molecular flexibility index (Phi) is 5.41. The molecule has 1 aromatic heterocycles. The fraction of sp³-hybridized carbons (Fsp3) is 0.200. The van der Waals surface area contributed by atoms with E-state index in [4.69, 9.17) is 0 Å². The van der Waals surface area contributed by atoms with Crippen LogP contribution in [0.2, 0.25) is 0 Å². The number of anilines is 3. The smallest absolute Gasteiger partial charge is 0.175 e. The molecule has 6 nitrogen and oxygen atoms in total. The van der Waals surface area contributed by atoms with Gasteiger partial charge in [-0.05, 0) is 38.1 Å². The van der Waals surface area contributed by atoms with Crippen LogP contribution in [0.3, 0.4) is 0 Å². The second kappa shape index (κ2) is 7.75. The van der Waals surface area contributed by atoms with E-state index in [-0.39, 0.29) is 10.9 Å². The first-order valence-electron chi connectivity index (χ1n) is 8.59. The fourth-order valence-corrected chi connectivity index (χ4v) is 3.16. The molecule has 140 valence electrons. The van der Waals surface area contributed by atoms with E-state index in [1.165, 1.54) is 6.26 Å². The average Bonchev–Trinajstić information content (AvgIpc) is 2.61. The number of sulfone groups is 1. The highest BCUT2D eigenvalue weighted by atomic mass is 32.2. The lowest BCUT2D eigenvalue weighted by atomic mass is 10.2. The summed E-state index contributed by atoms with van der Waals surface area (Å²) in [5.41, 5.74) is 1.66. The predicted molar refractivity (Wildman–Crippen MR) is 109 cm³/mol. The monoisotopic (exact) mass is 382 g/mol. The van der Waals surface area contributed by atoms with Crippen molar-refractivity contribution in [1.82, 2.24) is 9.97 Å². The first-order valence-corrected chi connectivity index (χ1v) is 10.5. The Hall–Kier alpha value is -2.93. The van der Waals surface area contributed by atoms with E-state index >= 15 is 0 Å². The Labute approximate surface area is 159 Å². The molecular weight excluding hydrogens is 360 g/mol. The van der Waals surface area contributed by atoms with Gasteiger partial charge < -0.3 is 10.6 Å². The van der Waals surface area contributed by atoms with Gasteiger partial charge in [0.2, 0.25) is 0 Å². The van der Waals surface area contributed by atoms with E-state index in [1.54, 1.807) is 24.3 Å². The zero-order valence-corrected chi connectivity index (χ0v) is 16.3. The van der Waals surface area contributed by atoms with Crippen LogP contribution < -0.4 is 10.6 Å². The molecule has 27 heavy (non-hydrogen) atoms. The predicted octanol–water partition coefficient (Wildman–Crippen LogP) is 4.11. The summed E-state index contributed by atoms with van der Waals surface area (Å²) >= 11 is 0. The summed E-state index contributed by atoms with van der Waals surface area (Å²) in [6.45, 7) is 4.09. The molecule has 0 fully saturated rings. The molecule has 0 bridgehead atoms. The van der Waals surface area contributed by atoms with E-state index in [9.17, 15) is 8.42 Å². The van der Waals surface area contributed by atoms with Crippen LogP contribution in [0.5, 0.6) is 0 Å². The highest BCUT2D eigenvalue weighted by Crippen LogP contribution is 2.23. The zero-order chi connectivity index (χ0) is 19.4. The Balaban J connectivity index is 1.94. The third kappa shape index (κ3) is 5.04. The number of hydrogen-bond donors (Lipinski definition) is 2. The molecule has 1 heterocycles. The van der Waals surface area contributed by atoms with E-state index in [2.05, 4.69) is 20.6 Å². The Morgan fingerprint density at radius 1 is 0.889 bits per heavy atom. The van der Waals surface area contributed by atoms with E-state index in [1.807, 2.05) is 50.2 Å². The molecule has 0 aliphatic carbocycles. The van der Waals surface area contributed by atoms with Gasteiger partial charge in [-0.15, -0.1) is 0 Å². The summed E-state index contributed by atoms with van der Waals surface area (Å²) < 4.78 is 23.2. The van der Waals surface area contributed by atoms with Crippen molar-refractivity contribution in [2.24, 2.45) is 0 Å². The van der Waals surface area contributed by atoms with E-state index < -0.39 is 9.84 Å². The lowest BCUT2D eigenvalue weighted by Gasteiger charge is -2.13. The molecule has 0 saturated heterocycles. The molecule has 0 amide bonds. The second-order valence-corrected chi connectivity index (χ2v) is 8.56. The minimum absolute atomic E-state index is 0.227. The van der Waals surface area contributed by atoms with Gasteiger partial charge in [-0.25, -0.2) is 18.4 Å². The van der Waals surface area contributed by atoms with Crippen molar-refractivity contribution < 1.29 is 8.42 Å². The molecule has 3 aromatic rings. The third-order valence-corrected chi connectivity index (χ3v) is 4.88. The SMILES string of the molecule is CC(C)Nc1cc(Nc2ccc(S(C)(=O)=O)cc2)nc(-c2ccccc2)n1. The Morgan fingerprint density at radius 2 is 1.52 bits per heavy atom. The van der Waals surface area contributed by atoms with Gasteiger partial charge in [0.25, 0.3) is 0 Å². The van der Waals surface area contributed by atoms with Crippen LogP contribution in [0.1, 0.15) is 13.8 Å². The van der Waals surface area contributed by atoms with E-state index in [0.717, 1.165) is 11.3 Å².